The summed E-state index contributed by atoms with van der Waals surface area (Å²) in [5, 5.41) is 23.4. The van der Waals surface area contributed by atoms with Gasteiger partial charge in [-0.1, -0.05) is 12.1 Å². The minimum Gasteiger partial charge on any atom is -0.358 e. The minimum absolute atomic E-state index is 0.0410. The van der Waals surface area contributed by atoms with Crippen molar-refractivity contribution in [3.63, 3.8) is 0 Å². The highest BCUT2D eigenvalue weighted by molar-refractivity contribution is 7.99. The molecule has 10 heteroatoms. The van der Waals surface area contributed by atoms with E-state index < -0.39 is 4.92 Å². The van der Waals surface area contributed by atoms with Crippen molar-refractivity contribution in [1.82, 2.24) is 24.1 Å². The van der Waals surface area contributed by atoms with E-state index in [0.29, 0.717) is 21.9 Å². The molecule has 0 unspecified atom stereocenters. The van der Waals surface area contributed by atoms with E-state index in [1.165, 1.54) is 21.0 Å². The molecule has 0 spiro atoms. The van der Waals surface area contributed by atoms with Crippen LogP contribution in [0.15, 0.2) is 52.1 Å². The van der Waals surface area contributed by atoms with Crippen molar-refractivity contribution < 1.29 is 4.92 Å². The number of nitro groups is 1. The third kappa shape index (κ3) is 3.00. The largest absolute Gasteiger partial charge is 0.362 e. The lowest BCUT2D eigenvalue weighted by Gasteiger charge is -2.07. The van der Waals surface area contributed by atoms with Gasteiger partial charge in [0.1, 0.15) is 5.82 Å². The lowest BCUT2D eigenvalue weighted by molar-refractivity contribution is -0.393. The van der Waals surface area contributed by atoms with Crippen LogP contribution in [0.4, 0.5) is 5.82 Å². The van der Waals surface area contributed by atoms with Gasteiger partial charge in [0.25, 0.3) is 0 Å². The third-order valence-corrected chi connectivity index (χ3v) is 6.20. The monoisotopic (exact) mass is 398 g/mol. The quantitative estimate of drug-likeness (QED) is 0.360. The highest BCUT2D eigenvalue weighted by Crippen LogP contribution is 2.42. The average Bonchev–Trinajstić information content (AvgIpc) is 3.05. The normalized spacial score (nSPS) is 14.1. The van der Waals surface area contributed by atoms with Crippen molar-refractivity contribution in [3.05, 3.63) is 62.7 Å². The minimum atomic E-state index is -0.396. The van der Waals surface area contributed by atoms with E-state index in [9.17, 15) is 10.1 Å². The maximum absolute atomic E-state index is 11.6. The van der Waals surface area contributed by atoms with Crippen molar-refractivity contribution in [1.29, 1.82) is 0 Å². The van der Waals surface area contributed by atoms with E-state index in [1.807, 2.05) is 17.5 Å². The lowest BCUT2D eigenvalue weighted by Crippen LogP contribution is -2.03. The topological polar surface area (TPSA) is 91.1 Å². The van der Waals surface area contributed by atoms with E-state index in [4.69, 9.17) is 0 Å². The Balaban J connectivity index is 1.55. The molecule has 0 bridgehead atoms. The summed E-state index contributed by atoms with van der Waals surface area (Å²) in [5.74, 6) is 0.856. The molecular weight excluding hydrogens is 384 g/mol. The lowest BCUT2D eigenvalue weighted by atomic mass is 10.3. The molecule has 1 aliphatic carbocycles. The number of pyridine rings is 1. The molecule has 0 aliphatic heterocycles. The van der Waals surface area contributed by atoms with Crippen LogP contribution < -0.4 is 0 Å². The van der Waals surface area contributed by atoms with Crippen LogP contribution in [0.1, 0.15) is 29.6 Å². The second-order valence-electron chi connectivity index (χ2n) is 6.28. The summed E-state index contributed by atoms with van der Waals surface area (Å²) in [7, 11) is 0. The smallest absolute Gasteiger partial charge is 0.358 e. The molecule has 0 N–H and O–H groups in total. The average molecular weight is 398 g/mol. The van der Waals surface area contributed by atoms with E-state index >= 15 is 0 Å². The molecule has 0 amide bonds. The molecule has 4 heterocycles. The maximum atomic E-state index is 11.6. The van der Waals surface area contributed by atoms with E-state index in [-0.39, 0.29) is 5.82 Å². The Bertz CT molecular complexity index is 1130. The third-order valence-electron chi connectivity index (χ3n) is 4.39. The summed E-state index contributed by atoms with van der Waals surface area (Å²) in [6, 6.07) is 9.79. The Morgan fingerprint density at radius 2 is 2.15 bits per heavy atom. The second-order valence-corrected chi connectivity index (χ2v) is 8.27. The first kappa shape index (κ1) is 16.5. The van der Waals surface area contributed by atoms with Gasteiger partial charge >= 0.3 is 5.82 Å². The highest BCUT2D eigenvalue weighted by Gasteiger charge is 2.32. The number of imidazole rings is 1. The van der Waals surface area contributed by atoms with Gasteiger partial charge in [0.2, 0.25) is 10.7 Å². The van der Waals surface area contributed by atoms with Gasteiger partial charge in [0.05, 0.1) is 6.20 Å². The predicted molar refractivity (Wildman–Crippen MR) is 101 cm³/mol. The van der Waals surface area contributed by atoms with Crippen molar-refractivity contribution in [2.24, 2.45) is 0 Å². The van der Waals surface area contributed by atoms with Gasteiger partial charge in [0, 0.05) is 23.4 Å². The zero-order valence-electron chi connectivity index (χ0n) is 14.1. The number of nitrogens with zero attached hydrogens (tertiary/aromatic N) is 6. The molecule has 0 radical (unpaired) electrons. The number of fused-ring (bicyclic) bond motifs is 1. The SMILES string of the molecule is O=[N+]([O-])c1c(Sc2nnc(Cc3cccs3)n2C2CC2)nc2ccccn12. The molecule has 0 saturated heterocycles. The molecule has 5 rings (SSSR count). The Hall–Kier alpha value is -2.72. The van der Waals surface area contributed by atoms with Crippen LogP contribution in [0.5, 0.6) is 0 Å². The zero-order valence-corrected chi connectivity index (χ0v) is 15.7. The first-order chi connectivity index (χ1) is 13.2. The zero-order chi connectivity index (χ0) is 18.4. The molecule has 4 aromatic rings. The van der Waals surface area contributed by atoms with Crippen LogP contribution in [-0.2, 0) is 6.42 Å². The first-order valence-corrected chi connectivity index (χ1v) is 10.2. The van der Waals surface area contributed by atoms with Gasteiger partial charge in [0.15, 0.2) is 5.16 Å². The fourth-order valence-electron chi connectivity index (χ4n) is 3.05. The fraction of sp³-hybridized carbons (Fsp3) is 0.235. The van der Waals surface area contributed by atoms with Crippen LogP contribution in [-0.4, -0.2) is 29.1 Å². The van der Waals surface area contributed by atoms with E-state index in [1.54, 1.807) is 29.7 Å². The first-order valence-electron chi connectivity index (χ1n) is 8.46. The van der Waals surface area contributed by atoms with Gasteiger partial charge < -0.3 is 14.7 Å². The van der Waals surface area contributed by atoms with Crippen LogP contribution in [0.3, 0.4) is 0 Å². The summed E-state index contributed by atoms with van der Waals surface area (Å²) >= 11 is 2.90. The number of rotatable bonds is 6. The van der Waals surface area contributed by atoms with Crippen molar-refractivity contribution in [3.8, 4) is 0 Å². The van der Waals surface area contributed by atoms with E-state index in [2.05, 4.69) is 25.8 Å². The van der Waals surface area contributed by atoms with E-state index in [0.717, 1.165) is 25.1 Å². The molecule has 1 fully saturated rings. The highest BCUT2D eigenvalue weighted by atomic mass is 32.2. The molecule has 27 heavy (non-hydrogen) atoms. The summed E-state index contributed by atoms with van der Waals surface area (Å²) in [6.07, 6.45) is 4.53. The maximum Gasteiger partial charge on any atom is 0.362 e. The molecule has 1 aliphatic rings. The molecular formula is C17H14N6O2S2. The van der Waals surface area contributed by atoms with Crippen molar-refractivity contribution >= 4 is 34.6 Å². The van der Waals surface area contributed by atoms with Crippen LogP contribution in [0, 0.1) is 10.1 Å². The Morgan fingerprint density at radius 3 is 2.89 bits per heavy atom. The van der Waals surface area contributed by atoms with Crippen molar-refractivity contribution in [2.45, 2.75) is 35.5 Å². The van der Waals surface area contributed by atoms with Crippen LogP contribution in [0.25, 0.3) is 5.65 Å². The summed E-state index contributed by atoms with van der Waals surface area (Å²) < 4.78 is 3.62. The standard InChI is InChI=1S/C17H14N6O2S2/c24-23(25)16-15(18-13-5-1-2-8-21(13)16)27-17-20-19-14(22(17)11-6-7-11)10-12-4-3-9-26-12/h1-5,8-9,11H,6-7,10H2. The number of hydrogen-bond donors (Lipinski definition) is 0. The molecule has 0 aromatic carbocycles. The van der Waals surface area contributed by atoms with Gasteiger partial charge in [-0.15, -0.1) is 21.5 Å². The van der Waals surface area contributed by atoms with Crippen molar-refractivity contribution in [2.75, 3.05) is 0 Å². The van der Waals surface area contributed by atoms with Gasteiger partial charge in [-0.2, -0.15) is 9.38 Å². The van der Waals surface area contributed by atoms with Gasteiger partial charge in [-0.25, -0.2) is 0 Å². The molecule has 0 atom stereocenters. The predicted octanol–water partition coefficient (Wildman–Crippen LogP) is 3.97. The Labute approximate surface area is 162 Å². The Morgan fingerprint density at radius 1 is 1.26 bits per heavy atom. The van der Waals surface area contributed by atoms with Crippen LogP contribution >= 0.6 is 23.1 Å². The molecule has 1 saturated carbocycles. The number of hydrogen-bond acceptors (Lipinski definition) is 7. The van der Waals surface area contributed by atoms with Gasteiger partial charge in [-0.3, -0.25) is 0 Å². The number of aromatic nitrogens is 5. The Kier molecular flexibility index (Phi) is 3.94. The summed E-state index contributed by atoms with van der Waals surface area (Å²) in [6.45, 7) is 0. The fourth-order valence-corrected chi connectivity index (χ4v) is 4.76. The summed E-state index contributed by atoms with van der Waals surface area (Å²) in [4.78, 5) is 16.9. The second kappa shape index (κ2) is 6.46. The van der Waals surface area contributed by atoms with Crippen LogP contribution in [0.2, 0.25) is 0 Å². The van der Waals surface area contributed by atoms with Gasteiger partial charge in [-0.05, 0) is 47.0 Å². The molecule has 136 valence electrons. The molecule has 4 aromatic heterocycles. The summed E-state index contributed by atoms with van der Waals surface area (Å²) in [5.41, 5.74) is 0.544. The molecule has 8 nitrogen and oxygen atoms in total. The number of thiophene rings is 1.